The second kappa shape index (κ2) is 6.85. The quantitative estimate of drug-likeness (QED) is 0.521. The summed E-state index contributed by atoms with van der Waals surface area (Å²) in [6.45, 7) is 0.983. The number of carbonyl (C=O) groups is 1. The molecular weight excluding hydrogens is 401 g/mol. The summed E-state index contributed by atoms with van der Waals surface area (Å²) in [6, 6.07) is 7.76. The van der Waals surface area contributed by atoms with E-state index in [0.717, 1.165) is 53.0 Å². The zero-order valence-electron chi connectivity index (χ0n) is 16.2. The van der Waals surface area contributed by atoms with Crippen molar-refractivity contribution in [1.82, 2.24) is 25.0 Å². The predicted molar refractivity (Wildman–Crippen MR) is 114 cm³/mol. The van der Waals surface area contributed by atoms with Gasteiger partial charge in [0.2, 0.25) is 0 Å². The van der Waals surface area contributed by atoms with E-state index in [1.54, 1.807) is 18.3 Å². The van der Waals surface area contributed by atoms with Gasteiger partial charge in [-0.3, -0.25) is 9.20 Å². The van der Waals surface area contributed by atoms with Crippen LogP contribution in [0, 0.1) is 5.82 Å². The van der Waals surface area contributed by atoms with Crippen molar-refractivity contribution in [2.45, 2.75) is 37.8 Å². The van der Waals surface area contributed by atoms with Crippen LogP contribution < -0.4 is 10.6 Å². The van der Waals surface area contributed by atoms with Crippen molar-refractivity contribution in [2.75, 3.05) is 6.54 Å². The fourth-order valence-corrected chi connectivity index (χ4v) is 5.08. The molecule has 1 aliphatic heterocycles. The molecule has 1 aromatic carbocycles. The summed E-state index contributed by atoms with van der Waals surface area (Å²) in [6.07, 6.45) is 7.77. The van der Waals surface area contributed by atoms with E-state index in [2.05, 4.69) is 20.6 Å². The van der Waals surface area contributed by atoms with Crippen LogP contribution in [0.2, 0.25) is 0 Å². The predicted octanol–water partition coefficient (Wildman–Crippen LogP) is 4.07. The molecule has 2 fully saturated rings. The zero-order valence-corrected chi connectivity index (χ0v) is 17.0. The number of halogens is 1. The molecule has 4 heterocycles. The minimum Gasteiger partial charge on any atom is -0.348 e. The Morgan fingerprint density at radius 1 is 1.27 bits per heavy atom. The fraction of sp³-hybridized carbons (Fsp3) is 0.318. The lowest BCUT2D eigenvalue weighted by Crippen LogP contribution is -2.26. The number of benzene rings is 1. The first-order valence-electron chi connectivity index (χ1n) is 10.3. The van der Waals surface area contributed by atoms with Gasteiger partial charge < -0.3 is 10.6 Å². The first kappa shape index (κ1) is 18.0. The van der Waals surface area contributed by atoms with Crippen LogP contribution in [-0.2, 0) is 0 Å². The Morgan fingerprint density at radius 2 is 2.17 bits per heavy atom. The molecule has 6 rings (SSSR count). The van der Waals surface area contributed by atoms with Crippen LogP contribution in [0.15, 0.2) is 36.7 Å². The van der Waals surface area contributed by atoms with Gasteiger partial charge in [-0.25, -0.2) is 14.4 Å². The van der Waals surface area contributed by atoms with E-state index in [1.807, 2.05) is 22.7 Å². The first-order valence-corrected chi connectivity index (χ1v) is 11.1. The van der Waals surface area contributed by atoms with Gasteiger partial charge in [-0.05, 0) is 56.0 Å². The number of hydrogen-bond acceptors (Lipinski definition) is 5. The van der Waals surface area contributed by atoms with Gasteiger partial charge >= 0.3 is 0 Å². The van der Waals surface area contributed by atoms with E-state index < -0.39 is 0 Å². The minimum absolute atomic E-state index is 0.134. The number of hydrogen-bond donors (Lipinski definition) is 2. The van der Waals surface area contributed by atoms with Gasteiger partial charge in [0.25, 0.3) is 5.91 Å². The number of carbonyl (C=O) groups excluding carboxylic acids is 1. The molecule has 30 heavy (non-hydrogen) atoms. The average molecular weight is 422 g/mol. The lowest BCUT2D eigenvalue weighted by atomic mass is 10.0. The van der Waals surface area contributed by atoms with Crippen molar-refractivity contribution in [3.05, 3.63) is 53.7 Å². The van der Waals surface area contributed by atoms with Crippen LogP contribution in [0.5, 0.6) is 0 Å². The molecule has 2 aliphatic rings. The molecule has 3 aromatic heterocycles. The summed E-state index contributed by atoms with van der Waals surface area (Å²) in [5.74, 6) is -0.390. The molecule has 0 spiro atoms. The van der Waals surface area contributed by atoms with Crippen LogP contribution in [0.1, 0.15) is 47.8 Å². The zero-order chi connectivity index (χ0) is 20.2. The number of pyridine rings is 1. The monoisotopic (exact) mass is 421 g/mol. The summed E-state index contributed by atoms with van der Waals surface area (Å²) in [4.78, 5) is 22.0. The Kier molecular flexibility index (Phi) is 4.10. The number of rotatable bonds is 4. The molecule has 1 amide bonds. The van der Waals surface area contributed by atoms with Crippen molar-refractivity contribution in [1.29, 1.82) is 0 Å². The third kappa shape index (κ3) is 3.07. The van der Waals surface area contributed by atoms with Crippen molar-refractivity contribution in [3.8, 4) is 11.3 Å². The molecule has 1 saturated heterocycles. The van der Waals surface area contributed by atoms with E-state index in [-0.39, 0.29) is 17.8 Å². The van der Waals surface area contributed by atoms with Crippen molar-refractivity contribution in [2.24, 2.45) is 0 Å². The SMILES string of the molecule is O=C(NC1CC1)c1cc2sc3nc(-c4ccc(C5CCCN5)cc4F)cn3c2cn1. The normalized spacial score (nSPS) is 19.0. The number of fused-ring (bicyclic) bond motifs is 3. The highest BCUT2D eigenvalue weighted by molar-refractivity contribution is 7.23. The first-order chi connectivity index (χ1) is 14.7. The van der Waals surface area contributed by atoms with E-state index in [4.69, 9.17) is 0 Å². The molecule has 1 saturated carbocycles. The van der Waals surface area contributed by atoms with Gasteiger partial charge in [0.1, 0.15) is 11.5 Å². The van der Waals surface area contributed by atoms with Crippen LogP contribution in [0.3, 0.4) is 0 Å². The smallest absolute Gasteiger partial charge is 0.270 e. The van der Waals surface area contributed by atoms with Gasteiger partial charge in [-0.1, -0.05) is 17.4 Å². The molecule has 4 aromatic rings. The number of aromatic nitrogens is 3. The summed E-state index contributed by atoms with van der Waals surface area (Å²) < 4.78 is 17.7. The lowest BCUT2D eigenvalue weighted by molar-refractivity contribution is 0.0946. The molecule has 1 atom stereocenters. The maximum atomic E-state index is 14.9. The van der Waals surface area contributed by atoms with Gasteiger partial charge in [-0.2, -0.15) is 0 Å². The van der Waals surface area contributed by atoms with Crippen LogP contribution in [0.4, 0.5) is 4.39 Å². The third-order valence-electron chi connectivity index (χ3n) is 5.86. The van der Waals surface area contributed by atoms with E-state index >= 15 is 0 Å². The summed E-state index contributed by atoms with van der Waals surface area (Å²) in [5.41, 5.74) is 3.36. The van der Waals surface area contributed by atoms with Crippen molar-refractivity contribution >= 4 is 32.4 Å². The Hall–Kier alpha value is -2.84. The molecule has 152 valence electrons. The maximum Gasteiger partial charge on any atom is 0.270 e. The van der Waals surface area contributed by atoms with Crippen LogP contribution in [0.25, 0.3) is 26.4 Å². The van der Waals surface area contributed by atoms with E-state index in [1.165, 1.54) is 11.3 Å². The Bertz CT molecular complexity index is 1290. The number of imidazole rings is 1. The molecule has 0 radical (unpaired) electrons. The Morgan fingerprint density at radius 3 is 2.93 bits per heavy atom. The highest BCUT2D eigenvalue weighted by atomic mass is 32.1. The largest absolute Gasteiger partial charge is 0.348 e. The summed E-state index contributed by atoms with van der Waals surface area (Å²) >= 11 is 1.47. The topological polar surface area (TPSA) is 71.3 Å². The Labute approximate surface area is 176 Å². The second-order valence-corrected chi connectivity index (χ2v) is 9.06. The number of thiazole rings is 1. The maximum absolute atomic E-state index is 14.9. The molecule has 6 nitrogen and oxygen atoms in total. The number of nitrogens with one attached hydrogen (secondary N) is 2. The van der Waals surface area contributed by atoms with Crippen molar-refractivity contribution in [3.63, 3.8) is 0 Å². The standard InChI is InChI=1S/C22H20FN5OS/c23-15-8-12(16-2-1-7-24-16)3-6-14(15)18-11-28-19-10-25-17(21(29)26-13-4-5-13)9-20(19)30-22(28)27-18/h3,6,8-11,13,16,24H,1-2,4-5,7H2,(H,26,29). The second-order valence-electron chi connectivity index (χ2n) is 8.05. The lowest BCUT2D eigenvalue weighted by Gasteiger charge is -2.11. The molecular formula is C22H20FN5OS. The molecule has 8 heteroatoms. The third-order valence-corrected chi connectivity index (χ3v) is 6.87. The van der Waals surface area contributed by atoms with Gasteiger partial charge in [0, 0.05) is 23.8 Å². The highest BCUT2D eigenvalue weighted by Crippen LogP contribution is 2.32. The summed E-state index contributed by atoms with van der Waals surface area (Å²) in [7, 11) is 0. The Balaban J connectivity index is 1.33. The number of nitrogens with zero attached hydrogens (tertiary/aromatic N) is 3. The minimum atomic E-state index is -0.256. The highest BCUT2D eigenvalue weighted by Gasteiger charge is 2.25. The molecule has 1 aliphatic carbocycles. The van der Waals surface area contributed by atoms with E-state index in [9.17, 15) is 9.18 Å². The van der Waals surface area contributed by atoms with Crippen LogP contribution in [-0.4, -0.2) is 32.9 Å². The number of amides is 1. The van der Waals surface area contributed by atoms with Crippen molar-refractivity contribution < 1.29 is 9.18 Å². The van der Waals surface area contributed by atoms with Crippen LogP contribution >= 0.6 is 11.3 Å². The van der Waals surface area contributed by atoms with Gasteiger partial charge in [0.15, 0.2) is 4.96 Å². The van der Waals surface area contributed by atoms with Gasteiger partial charge in [0.05, 0.1) is 22.1 Å². The molecule has 0 bridgehead atoms. The fourth-order valence-electron chi connectivity index (χ4n) is 4.06. The average Bonchev–Trinajstić information content (AvgIpc) is 3.14. The van der Waals surface area contributed by atoms with E-state index in [0.29, 0.717) is 23.0 Å². The summed E-state index contributed by atoms with van der Waals surface area (Å²) in [5, 5.41) is 6.36. The van der Waals surface area contributed by atoms with Gasteiger partial charge in [-0.15, -0.1) is 0 Å². The molecule has 2 N–H and O–H groups in total. The molecule has 1 unspecified atom stereocenters.